The molecule has 2 N–H and O–H groups in total. The molecule has 30 heavy (non-hydrogen) atoms. The maximum atomic E-state index is 13.0. The minimum Gasteiger partial charge on any atom is -0.452 e. The van der Waals surface area contributed by atoms with Gasteiger partial charge in [-0.05, 0) is 43.7 Å². The first-order valence-electron chi connectivity index (χ1n) is 9.33. The number of rotatable bonds is 4. The predicted molar refractivity (Wildman–Crippen MR) is 95.6 cm³/mol. The molecule has 2 aliphatic rings. The highest BCUT2D eigenvalue weighted by Crippen LogP contribution is 2.36. The normalized spacial score (nSPS) is 24.0. The Labute approximate surface area is 169 Å². The van der Waals surface area contributed by atoms with Crippen molar-refractivity contribution in [1.29, 1.82) is 0 Å². The van der Waals surface area contributed by atoms with E-state index in [2.05, 4.69) is 10.1 Å². The lowest BCUT2D eigenvalue weighted by molar-refractivity contribution is -0.141. The van der Waals surface area contributed by atoms with Crippen molar-refractivity contribution < 1.29 is 37.1 Å². The van der Waals surface area contributed by atoms with Gasteiger partial charge in [-0.1, -0.05) is 19.1 Å². The van der Waals surface area contributed by atoms with Gasteiger partial charge in [-0.2, -0.15) is 18.2 Å². The lowest BCUT2D eigenvalue weighted by Gasteiger charge is -2.33. The summed E-state index contributed by atoms with van der Waals surface area (Å²) >= 11 is 0. The second-order valence-corrected chi connectivity index (χ2v) is 7.49. The van der Waals surface area contributed by atoms with Crippen LogP contribution in [0.15, 0.2) is 24.3 Å². The van der Waals surface area contributed by atoms with Gasteiger partial charge in [-0.25, -0.2) is 9.59 Å². The fourth-order valence-corrected chi connectivity index (χ4v) is 3.59. The van der Waals surface area contributed by atoms with Gasteiger partial charge in [-0.3, -0.25) is 15.0 Å². The first kappa shape index (κ1) is 21.6. The number of amides is 4. The number of nitrogens with zero attached hydrogens (tertiary/aromatic N) is 1. The molecule has 1 spiro atoms. The molecule has 162 valence electrons. The van der Waals surface area contributed by atoms with Crippen molar-refractivity contribution in [2.45, 2.75) is 44.3 Å². The number of ether oxygens (including phenoxy) is 1. The minimum absolute atomic E-state index is 0.419. The number of benzene rings is 1. The second kappa shape index (κ2) is 7.96. The Balaban J connectivity index is 1.60. The molecule has 11 heteroatoms. The Morgan fingerprint density at radius 3 is 2.50 bits per heavy atom. The summed E-state index contributed by atoms with van der Waals surface area (Å²) in [5, 5.41) is 3.12. The van der Waals surface area contributed by atoms with E-state index in [0.717, 1.165) is 25.0 Å². The van der Waals surface area contributed by atoms with Crippen LogP contribution < -0.4 is 10.7 Å². The fraction of sp³-hybridized carbons (Fsp3) is 0.474. The molecule has 0 bridgehead atoms. The SMILES string of the molecule is CC1CCC2(CC1)NC(=O)N(NC(=O)COC(=O)c1ccccc1C(F)(F)F)C2=O. The van der Waals surface area contributed by atoms with Gasteiger partial charge in [0.2, 0.25) is 0 Å². The molecule has 2 fully saturated rings. The van der Waals surface area contributed by atoms with Crippen molar-refractivity contribution in [2.75, 3.05) is 6.61 Å². The first-order valence-corrected chi connectivity index (χ1v) is 9.33. The van der Waals surface area contributed by atoms with E-state index in [1.165, 1.54) is 6.07 Å². The zero-order valence-corrected chi connectivity index (χ0v) is 16.0. The Morgan fingerprint density at radius 2 is 1.87 bits per heavy atom. The molecule has 1 aliphatic carbocycles. The van der Waals surface area contributed by atoms with E-state index in [1.54, 1.807) is 0 Å². The van der Waals surface area contributed by atoms with E-state index in [9.17, 15) is 32.3 Å². The summed E-state index contributed by atoms with van der Waals surface area (Å²) < 4.78 is 43.6. The number of nitrogens with one attached hydrogen (secondary N) is 2. The van der Waals surface area contributed by atoms with Gasteiger partial charge in [0, 0.05) is 0 Å². The first-order chi connectivity index (χ1) is 14.0. The number of hydrogen-bond donors (Lipinski definition) is 2. The number of imide groups is 1. The number of carbonyl (C=O) groups is 4. The lowest BCUT2D eigenvalue weighted by Crippen LogP contribution is -2.52. The Kier molecular flexibility index (Phi) is 5.73. The van der Waals surface area contributed by atoms with E-state index in [4.69, 9.17) is 0 Å². The smallest absolute Gasteiger partial charge is 0.417 e. The summed E-state index contributed by atoms with van der Waals surface area (Å²) in [5.41, 5.74) is -0.967. The Bertz CT molecular complexity index is 878. The molecule has 1 aromatic carbocycles. The van der Waals surface area contributed by atoms with Crippen LogP contribution in [0.4, 0.5) is 18.0 Å². The van der Waals surface area contributed by atoms with E-state index in [1.807, 2.05) is 12.3 Å². The van der Waals surface area contributed by atoms with Crippen molar-refractivity contribution >= 4 is 23.8 Å². The number of halogens is 3. The molecule has 8 nitrogen and oxygen atoms in total. The molecule has 4 amide bonds. The molecular formula is C19H20F3N3O5. The number of urea groups is 1. The molecule has 1 heterocycles. The highest BCUT2D eigenvalue weighted by atomic mass is 19.4. The van der Waals surface area contributed by atoms with E-state index >= 15 is 0 Å². The summed E-state index contributed by atoms with van der Waals surface area (Å²) in [6.45, 7) is 1.07. The van der Waals surface area contributed by atoms with Crippen LogP contribution >= 0.6 is 0 Å². The number of hydrogen-bond acceptors (Lipinski definition) is 5. The largest absolute Gasteiger partial charge is 0.452 e. The second-order valence-electron chi connectivity index (χ2n) is 7.49. The summed E-state index contributed by atoms with van der Waals surface area (Å²) in [6, 6.07) is 3.18. The van der Waals surface area contributed by atoms with Gasteiger partial charge in [0.15, 0.2) is 6.61 Å². The number of esters is 1. The molecule has 0 aromatic heterocycles. The van der Waals surface area contributed by atoms with Crippen LogP contribution in [0.25, 0.3) is 0 Å². The number of alkyl halides is 3. The molecule has 1 saturated heterocycles. The molecular weight excluding hydrogens is 407 g/mol. The van der Waals surface area contributed by atoms with Crippen LogP contribution in [-0.4, -0.2) is 41.0 Å². The molecule has 0 radical (unpaired) electrons. The topological polar surface area (TPSA) is 105 Å². The zero-order valence-electron chi connectivity index (χ0n) is 16.0. The van der Waals surface area contributed by atoms with E-state index < -0.39 is 53.3 Å². The molecule has 1 aromatic rings. The predicted octanol–water partition coefficient (Wildman–Crippen LogP) is 2.39. The van der Waals surface area contributed by atoms with Crippen LogP contribution in [0.3, 0.4) is 0 Å². The average Bonchev–Trinajstić information content (AvgIpc) is 2.92. The van der Waals surface area contributed by atoms with Crippen LogP contribution in [-0.2, 0) is 20.5 Å². The van der Waals surface area contributed by atoms with Crippen molar-refractivity contribution in [3.05, 3.63) is 35.4 Å². The molecule has 0 atom stereocenters. The summed E-state index contributed by atoms with van der Waals surface area (Å²) in [5.74, 6) is -2.57. The monoisotopic (exact) mass is 427 g/mol. The quantitative estimate of drug-likeness (QED) is 0.567. The van der Waals surface area contributed by atoms with Gasteiger partial charge in [-0.15, -0.1) is 0 Å². The summed E-state index contributed by atoms with van der Waals surface area (Å²) in [7, 11) is 0. The minimum atomic E-state index is -4.77. The van der Waals surface area contributed by atoms with Crippen molar-refractivity contribution in [3.8, 4) is 0 Å². The third-order valence-electron chi connectivity index (χ3n) is 5.31. The summed E-state index contributed by atoms with van der Waals surface area (Å²) in [4.78, 5) is 48.8. The number of hydrazine groups is 1. The lowest BCUT2D eigenvalue weighted by atomic mass is 9.77. The maximum absolute atomic E-state index is 13.0. The maximum Gasteiger partial charge on any atom is 0.417 e. The zero-order chi connectivity index (χ0) is 22.1. The van der Waals surface area contributed by atoms with Crippen molar-refractivity contribution in [1.82, 2.24) is 15.8 Å². The van der Waals surface area contributed by atoms with Gasteiger partial charge in [0.05, 0.1) is 11.1 Å². The van der Waals surface area contributed by atoms with E-state index in [-0.39, 0.29) is 0 Å². The molecule has 3 rings (SSSR count). The average molecular weight is 427 g/mol. The fourth-order valence-electron chi connectivity index (χ4n) is 3.59. The Hall–Kier alpha value is -3.11. The third kappa shape index (κ3) is 4.24. The summed E-state index contributed by atoms with van der Waals surface area (Å²) in [6.07, 6.45) is -2.42. The van der Waals surface area contributed by atoms with Gasteiger partial charge in [0.1, 0.15) is 5.54 Å². The highest BCUT2D eigenvalue weighted by Gasteiger charge is 2.53. The van der Waals surface area contributed by atoms with E-state index in [0.29, 0.717) is 29.8 Å². The molecule has 0 unspecified atom stereocenters. The molecule has 1 saturated carbocycles. The standard InChI is InChI=1S/C19H20F3N3O5/c1-11-6-8-18(9-7-11)16(28)25(17(29)23-18)24-14(26)10-30-15(27)12-4-2-3-5-13(12)19(20,21)22/h2-5,11H,6-10H2,1H3,(H,23,29)(H,24,26). The van der Waals surface area contributed by atoms with Crippen LogP contribution in [0.2, 0.25) is 0 Å². The van der Waals surface area contributed by atoms with Crippen molar-refractivity contribution in [2.24, 2.45) is 5.92 Å². The van der Waals surface area contributed by atoms with Gasteiger partial charge < -0.3 is 10.1 Å². The van der Waals surface area contributed by atoms with Gasteiger partial charge >= 0.3 is 18.2 Å². The highest BCUT2D eigenvalue weighted by molar-refractivity contribution is 6.08. The van der Waals surface area contributed by atoms with Crippen molar-refractivity contribution in [3.63, 3.8) is 0 Å². The number of carbonyl (C=O) groups excluding carboxylic acids is 4. The van der Waals surface area contributed by atoms with Crippen LogP contribution in [0, 0.1) is 5.92 Å². The van der Waals surface area contributed by atoms with Gasteiger partial charge in [0.25, 0.3) is 11.8 Å². The Morgan fingerprint density at radius 1 is 1.23 bits per heavy atom. The van der Waals surface area contributed by atoms with Crippen LogP contribution in [0.1, 0.15) is 48.5 Å². The van der Waals surface area contributed by atoms with Crippen LogP contribution in [0.5, 0.6) is 0 Å². The third-order valence-corrected chi connectivity index (χ3v) is 5.31. The molecule has 1 aliphatic heterocycles.